The standard InChI is InChI=1S/C16H19N2.C6H5BrO3S/c1-17(2)16-8-6-14(7-9-16)4-5-15-10-12-18(3)13-11-15;7-5-1-3-6(4-2-5)11(8,9)10/h4-13H,1-3H3;1-4H,(H,8,9,10)/q+1;/p-1. The van der Waals surface area contributed by atoms with Crippen LogP contribution in [0.5, 0.6) is 0 Å². The van der Waals surface area contributed by atoms with Gasteiger partial charge in [0.25, 0.3) is 0 Å². The Hall–Kier alpha value is -2.48. The molecule has 7 heteroatoms. The van der Waals surface area contributed by atoms with Gasteiger partial charge in [0, 0.05) is 36.4 Å². The van der Waals surface area contributed by atoms with E-state index >= 15 is 0 Å². The van der Waals surface area contributed by atoms with E-state index in [2.05, 4.69) is 95.9 Å². The van der Waals surface area contributed by atoms with Crippen molar-refractivity contribution < 1.29 is 17.5 Å². The average molecular weight is 475 g/mol. The van der Waals surface area contributed by atoms with Crippen molar-refractivity contribution >= 4 is 43.9 Å². The molecule has 0 saturated carbocycles. The van der Waals surface area contributed by atoms with Crippen LogP contribution in [0.3, 0.4) is 0 Å². The molecule has 0 aliphatic carbocycles. The van der Waals surface area contributed by atoms with Gasteiger partial charge in [0.05, 0.1) is 4.90 Å². The van der Waals surface area contributed by atoms with Gasteiger partial charge in [0.2, 0.25) is 0 Å². The van der Waals surface area contributed by atoms with Crippen LogP contribution in [0.15, 0.2) is 82.4 Å². The second-order valence-corrected chi connectivity index (χ2v) is 8.82. The highest BCUT2D eigenvalue weighted by atomic mass is 79.9. The maximum absolute atomic E-state index is 10.4. The van der Waals surface area contributed by atoms with Gasteiger partial charge in [-0.25, -0.2) is 13.0 Å². The normalized spacial score (nSPS) is 11.1. The number of nitrogens with zero attached hydrogens (tertiary/aromatic N) is 2. The summed E-state index contributed by atoms with van der Waals surface area (Å²) in [6.07, 6.45) is 8.36. The van der Waals surface area contributed by atoms with Crippen LogP contribution in [0.4, 0.5) is 5.69 Å². The highest BCUT2D eigenvalue weighted by Crippen LogP contribution is 2.15. The third-order valence-electron chi connectivity index (χ3n) is 3.98. The molecule has 1 heterocycles. The zero-order chi connectivity index (χ0) is 21.4. The zero-order valence-corrected chi connectivity index (χ0v) is 18.9. The van der Waals surface area contributed by atoms with Crippen LogP contribution < -0.4 is 9.47 Å². The van der Waals surface area contributed by atoms with E-state index < -0.39 is 10.1 Å². The van der Waals surface area contributed by atoms with Gasteiger partial charge < -0.3 is 9.45 Å². The van der Waals surface area contributed by atoms with E-state index in [1.54, 1.807) is 0 Å². The lowest BCUT2D eigenvalue weighted by molar-refractivity contribution is -0.671. The molecule has 0 N–H and O–H groups in total. The Morgan fingerprint density at radius 2 is 1.34 bits per heavy atom. The quantitative estimate of drug-likeness (QED) is 0.421. The van der Waals surface area contributed by atoms with E-state index in [4.69, 9.17) is 0 Å². The summed E-state index contributed by atoms with van der Waals surface area (Å²) in [4.78, 5) is 1.89. The van der Waals surface area contributed by atoms with Crippen molar-refractivity contribution in [2.75, 3.05) is 19.0 Å². The molecule has 2 aromatic carbocycles. The number of pyridine rings is 1. The van der Waals surface area contributed by atoms with E-state index in [9.17, 15) is 13.0 Å². The average Bonchev–Trinajstić information content (AvgIpc) is 2.68. The first-order chi connectivity index (χ1) is 13.6. The maximum atomic E-state index is 10.4. The SMILES string of the molecule is CN(C)c1ccc(/C=C/c2cc[n+](C)cc2)cc1.O=S(=O)([O-])c1ccc(Br)cc1. The summed E-state index contributed by atoms with van der Waals surface area (Å²) < 4.78 is 33.9. The summed E-state index contributed by atoms with van der Waals surface area (Å²) in [5.74, 6) is 0. The molecule has 0 atom stereocenters. The Bertz CT molecular complexity index is 1040. The van der Waals surface area contributed by atoms with Gasteiger partial charge in [-0.2, -0.15) is 0 Å². The molecule has 3 aromatic rings. The second-order valence-electron chi connectivity index (χ2n) is 6.52. The van der Waals surface area contributed by atoms with Gasteiger partial charge in [-0.3, -0.25) is 0 Å². The van der Waals surface area contributed by atoms with E-state index in [0.717, 1.165) is 4.47 Å². The molecule has 0 radical (unpaired) electrons. The Kier molecular flexibility index (Phi) is 8.13. The third-order valence-corrected chi connectivity index (χ3v) is 5.36. The van der Waals surface area contributed by atoms with Crippen LogP contribution in [-0.2, 0) is 17.2 Å². The number of hydrogen-bond acceptors (Lipinski definition) is 4. The van der Waals surface area contributed by atoms with Crippen molar-refractivity contribution in [2.45, 2.75) is 4.90 Å². The predicted octanol–water partition coefficient (Wildman–Crippen LogP) is 4.10. The molecule has 0 fully saturated rings. The number of anilines is 1. The summed E-state index contributed by atoms with van der Waals surface area (Å²) in [6.45, 7) is 0. The van der Waals surface area contributed by atoms with Gasteiger partial charge in [-0.15, -0.1) is 0 Å². The molecule has 0 aliphatic rings. The van der Waals surface area contributed by atoms with Crippen LogP contribution in [0, 0.1) is 0 Å². The number of hydrogen-bond donors (Lipinski definition) is 0. The molecular formula is C22H23BrN2O3S. The lowest BCUT2D eigenvalue weighted by atomic mass is 10.1. The van der Waals surface area contributed by atoms with Crippen LogP contribution in [0.25, 0.3) is 12.2 Å². The maximum Gasteiger partial charge on any atom is 0.169 e. The molecule has 0 aliphatic heterocycles. The van der Waals surface area contributed by atoms with Crippen LogP contribution in [-0.4, -0.2) is 27.1 Å². The zero-order valence-electron chi connectivity index (χ0n) is 16.5. The van der Waals surface area contributed by atoms with E-state index in [0.29, 0.717) is 0 Å². The highest BCUT2D eigenvalue weighted by molar-refractivity contribution is 9.10. The number of rotatable bonds is 4. The fourth-order valence-electron chi connectivity index (χ4n) is 2.30. The van der Waals surface area contributed by atoms with Gasteiger partial charge in [0.15, 0.2) is 12.4 Å². The summed E-state index contributed by atoms with van der Waals surface area (Å²) in [7, 11) is 1.83. The number of halogens is 1. The van der Waals surface area contributed by atoms with Crippen molar-refractivity contribution in [3.05, 3.63) is 88.7 Å². The molecule has 5 nitrogen and oxygen atoms in total. The fraction of sp³-hybridized carbons (Fsp3) is 0.136. The van der Waals surface area contributed by atoms with Crippen LogP contribution in [0.1, 0.15) is 11.1 Å². The molecule has 152 valence electrons. The first-order valence-corrected chi connectivity index (χ1v) is 11.0. The molecule has 0 amide bonds. The lowest BCUT2D eigenvalue weighted by Crippen LogP contribution is -2.25. The smallest absolute Gasteiger partial charge is 0.169 e. The van der Waals surface area contributed by atoms with Crippen molar-refractivity contribution in [3.8, 4) is 0 Å². The van der Waals surface area contributed by atoms with Gasteiger partial charge in [-0.1, -0.05) is 40.2 Å². The molecule has 3 rings (SSSR count). The Morgan fingerprint density at radius 3 is 1.79 bits per heavy atom. The highest BCUT2D eigenvalue weighted by Gasteiger charge is 1.98. The van der Waals surface area contributed by atoms with E-state index in [1.807, 2.05) is 11.6 Å². The number of aromatic nitrogens is 1. The molecule has 0 bridgehead atoms. The van der Waals surface area contributed by atoms with Gasteiger partial charge >= 0.3 is 0 Å². The first kappa shape index (κ1) is 22.8. The Balaban J connectivity index is 0.000000234. The van der Waals surface area contributed by atoms with Gasteiger partial charge in [-0.05, 0) is 47.5 Å². The second kappa shape index (κ2) is 10.3. The van der Waals surface area contributed by atoms with Gasteiger partial charge in [0.1, 0.15) is 17.2 Å². The molecule has 0 spiro atoms. The summed E-state index contributed by atoms with van der Waals surface area (Å²) in [5, 5.41) is 0. The molecule has 0 saturated heterocycles. The van der Waals surface area contributed by atoms with Crippen molar-refractivity contribution in [1.29, 1.82) is 0 Å². The Labute approximate surface area is 180 Å². The minimum Gasteiger partial charge on any atom is -0.744 e. The lowest BCUT2D eigenvalue weighted by Gasteiger charge is -2.11. The minimum absolute atomic E-state index is 0.208. The molecule has 29 heavy (non-hydrogen) atoms. The summed E-state index contributed by atoms with van der Waals surface area (Å²) in [6, 6.07) is 18.3. The van der Waals surface area contributed by atoms with Crippen molar-refractivity contribution in [2.24, 2.45) is 7.05 Å². The number of aryl methyl sites for hydroxylation is 1. The molecular weight excluding hydrogens is 452 g/mol. The minimum atomic E-state index is -4.29. The monoisotopic (exact) mass is 474 g/mol. The predicted molar refractivity (Wildman–Crippen MR) is 119 cm³/mol. The largest absolute Gasteiger partial charge is 0.744 e. The summed E-state index contributed by atoms with van der Waals surface area (Å²) in [5.41, 5.74) is 3.65. The first-order valence-electron chi connectivity index (χ1n) is 8.77. The molecule has 1 aromatic heterocycles. The van der Waals surface area contributed by atoms with Crippen molar-refractivity contribution in [1.82, 2.24) is 0 Å². The summed E-state index contributed by atoms with van der Waals surface area (Å²) >= 11 is 3.12. The van der Waals surface area contributed by atoms with Crippen molar-refractivity contribution in [3.63, 3.8) is 0 Å². The topological polar surface area (TPSA) is 64.3 Å². The molecule has 0 unspecified atom stereocenters. The van der Waals surface area contributed by atoms with Crippen LogP contribution >= 0.6 is 15.9 Å². The Morgan fingerprint density at radius 1 is 0.862 bits per heavy atom. The fourth-order valence-corrected chi connectivity index (χ4v) is 3.03. The third kappa shape index (κ3) is 7.81. The van der Waals surface area contributed by atoms with E-state index in [1.165, 1.54) is 41.1 Å². The van der Waals surface area contributed by atoms with E-state index in [-0.39, 0.29) is 4.90 Å². The van der Waals surface area contributed by atoms with Crippen LogP contribution in [0.2, 0.25) is 0 Å². The number of benzene rings is 2.